The van der Waals surface area contributed by atoms with Crippen LogP contribution >= 0.6 is 0 Å². The van der Waals surface area contributed by atoms with Gasteiger partial charge in [0.1, 0.15) is 6.04 Å². The van der Waals surface area contributed by atoms with Crippen LogP contribution in [-0.4, -0.2) is 99.4 Å². The molecular formula is C20H40N8O7. The van der Waals surface area contributed by atoms with E-state index in [0.29, 0.717) is 58.8 Å². The number of carbonyl (C=O) groups is 4. The number of nitrogens with one attached hydrogen (secondary N) is 3. The van der Waals surface area contributed by atoms with E-state index in [4.69, 9.17) is 37.5 Å². The highest BCUT2D eigenvalue weighted by molar-refractivity contribution is 5.92. The molecular weight excluding hydrogens is 464 g/mol. The third-order valence-electron chi connectivity index (χ3n) is 4.39. The van der Waals surface area contributed by atoms with Crippen LogP contribution in [0.3, 0.4) is 0 Å². The van der Waals surface area contributed by atoms with Crippen molar-refractivity contribution in [3.63, 3.8) is 0 Å². The average Bonchev–Trinajstić information content (AvgIpc) is 2.80. The van der Waals surface area contributed by atoms with E-state index in [-0.39, 0.29) is 12.5 Å². The lowest BCUT2D eigenvalue weighted by atomic mass is 10.1. The first kappa shape index (κ1) is 32.0. The monoisotopic (exact) mass is 504 g/mol. The van der Waals surface area contributed by atoms with Crippen molar-refractivity contribution < 1.29 is 33.8 Å². The molecule has 0 saturated carbocycles. The minimum Gasteiger partial charge on any atom is -0.481 e. The molecule has 0 saturated heterocycles. The summed E-state index contributed by atoms with van der Waals surface area (Å²) in [6.45, 7) is 2.43. The molecule has 0 unspecified atom stereocenters. The Morgan fingerprint density at radius 1 is 0.914 bits per heavy atom. The van der Waals surface area contributed by atoms with E-state index in [1.165, 1.54) is 0 Å². The maximum atomic E-state index is 12.3. The molecule has 3 amide bonds. The fraction of sp³-hybridized carbons (Fsp3) is 0.750. The minimum absolute atomic E-state index is 0.0622. The van der Waals surface area contributed by atoms with Crippen LogP contribution < -0.4 is 38.9 Å². The molecule has 35 heavy (non-hydrogen) atoms. The smallest absolute Gasteiger partial charge is 0.305 e. The van der Waals surface area contributed by atoms with Gasteiger partial charge in [-0.05, 0) is 32.2 Å². The van der Waals surface area contributed by atoms with Crippen molar-refractivity contribution in [1.82, 2.24) is 16.0 Å². The van der Waals surface area contributed by atoms with Crippen molar-refractivity contribution in [3.05, 3.63) is 0 Å². The van der Waals surface area contributed by atoms with E-state index in [1.54, 1.807) is 0 Å². The second-order valence-electron chi connectivity index (χ2n) is 7.50. The van der Waals surface area contributed by atoms with Gasteiger partial charge in [-0.25, -0.2) is 0 Å². The predicted molar refractivity (Wildman–Crippen MR) is 128 cm³/mol. The van der Waals surface area contributed by atoms with E-state index in [9.17, 15) is 19.2 Å². The molecule has 15 heteroatoms. The van der Waals surface area contributed by atoms with Gasteiger partial charge in [-0.3, -0.25) is 24.2 Å². The zero-order valence-corrected chi connectivity index (χ0v) is 20.0. The predicted octanol–water partition coefficient (Wildman–Crippen LogP) is -3.67. The SMILES string of the molecule is NCCCOCCOCCCNC(=O)[C@H](CC(=O)O)NC(=O)CNC(=O)[C@@H](N)CCCN=C(N)N. The largest absolute Gasteiger partial charge is 0.481 e. The molecule has 202 valence electrons. The van der Waals surface area contributed by atoms with Crippen molar-refractivity contribution in [2.45, 2.75) is 44.2 Å². The highest BCUT2D eigenvalue weighted by Crippen LogP contribution is 1.96. The molecule has 0 aromatic carbocycles. The highest BCUT2D eigenvalue weighted by atomic mass is 16.5. The Morgan fingerprint density at radius 3 is 2.17 bits per heavy atom. The number of carboxylic acid groups (broad SMARTS) is 1. The van der Waals surface area contributed by atoms with Gasteiger partial charge >= 0.3 is 5.97 Å². The number of amides is 3. The number of carboxylic acids is 1. The number of rotatable bonds is 21. The first-order chi connectivity index (χ1) is 16.7. The topological polar surface area (TPSA) is 260 Å². The summed E-state index contributed by atoms with van der Waals surface area (Å²) < 4.78 is 10.6. The van der Waals surface area contributed by atoms with Crippen molar-refractivity contribution in [2.24, 2.45) is 27.9 Å². The lowest BCUT2D eigenvalue weighted by Crippen LogP contribution is -2.51. The summed E-state index contributed by atoms with van der Waals surface area (Å²) in [4.78, 5) is 51.3. The second-order valence-corrected chi connectivity index (χ2v) is 7.50. The summed E-state index contributed by atoms with van der Waals surface area (Å²) in [5.41, 5.74) is 21.5. The Hall–Kier alpha value is -3.01. The van der Waals surface area contributed by atoms with E-state index in [0.717, 1.165) is 6.42 Å². The van der Waals surface area contributed by atoms with Crippen LogP contribution in [0.2, 0.25) is 0 Å². The first-order valence-corrected chi connectivity index (χ1v) is 11.4. The molecule has 0 aromatic rings. The molecule has 15 nitrogen and oxygen atoms in total. The lowest BCUT2D eigenvalue weighted by Gasteiger charge is -2.18. The van der Waals surface area contributed by atoms with Gasteiger partial charge in [0.15, 0.2) is 5.96 Å². The molecule has 2 atom stereocenters. The van der Waals surface area contributed by atoms with Crippen LogP contribution in [0.5, 0.6) is 0 Å². The molecule has 0 aliphatic rings. The maximum absolute atomic E-state index is 12.3. The molecule has 0 spiro atoms. The average molecular weight is 505 g/mol. The van der Waals surface area contributed by atoms with Gasteiger partial charge in [0.05, 0.1) is 32.2 Å². The van der Waals surface area contributed by atoms with Crippen LogP contribution in [0.1, 0.15) is 32.1 Å². The standard InChI is InChI=1S/C20H40N8O7/c21-5-2-8-34-10-11-35-9-3-7-25-19(33)15(12-17(30)31)28-16(29)13-27-18(32)14(22)4-1-6-26-20(23)24/h14-15H,1-13,21-22H2,(H,25,33)(H,27,32)(H,28,29)(H,30,31)(H4,23,24,26)/t14-,15-/m0/s1. The molecule has 0 aliphatic carbocycles. The summed E-state index contributed by atoms with van der Waals surface area (Å²) in [6, 6.07) is -2.18. The lowest BCUT2D eigenvalue weighted by molar-refractivity contribution is -0.140. The number of guanidine groups is 1. The third kappa shape index (κ3) is 19.0. The number of nitrogens with zero attached hydrogens (tertiary/aromatic N) is 1. The van der Waals surface area contributed by atoms with Crippen LogP contribution in [-0.2, 0) is 28.7 Å². The zero-order chi connectivity index (χ0) is 26.5. The Bertz CT molecular complexity index is 674. The molecule has 0 bridgehead atoms. The van der Waals surface area contributed by atoms with Crippen LogP contribution in [0.15, 0.2) is 4.99 Å². The normalized spacial score (nSPS) is 12.3. The van der Waals surface area contributed by atoms with E-state index < -0.39 is 48.7 Å². The van der Waals surface area contributed by atoms with Gasteiger partial charge in [-0.2, -0.15) is 0 Å². The summed E-state index contributed by atoms with van der Waals surface area (Å²) in [6.07, 6.45) is 1.40. The summed E-state index contributed by atoms with van der Waals surface area (Å²) in [7, 11) is 0. The highest BCUT2D eigenvalue weighted by Gasteiger charge is 2.24. The fourth-order valence-electron chi connectivity index (χ4n) is 2.59. The number of nitrogens with two attached hydrogens (primary N) is 4. The van der Waals surface area contributed by atoms with Gasteiger partial charge in [0.2, 0.25) is 17.7 Å². The molecule has 0 heterocycles. The molecule has 0 radical (unpaired) electrons. The Morgan fingerprint density at radius 2 is 1.57 bits per heavy atom. The molecule has 0 rings (SSSR count). The molecule has 0 fully saturated rings. The zero-order valence-electron chi connectivity index (χ0n) is 20.0. The van der Waals surface area contributed by atoms with Gasteiger partial charge < -0.3 is 53.5 Å². The summed E-state index contributed by atoms with van der Waals surface area (Å²) in [5.74, 6) is -3.30. The van der Waals surface area contributed by atoms with Gasteiger partial charge in [-0.1, -0.05) is 0 Å². The van der Waals surface area contributed by atoms with Crippen LogP contribution in [0.25, 0.3) is 0 Å². The molecule has 12 N–H and O–H groups in total. The number of ether oxygens (including phenoxy) is 2. The van der Waals surface area contributed by atoms with Crippen molar-refractivity contribution in [1.29, 1.82) is 0 Å². The van der Waals surface area contributed by atoms with Gasteiger partial charge in [0.25, 0.3) is 0 Å². The van der Waals surface area contributed by atoms with E-state index in [1.807, 2.05) is 0 Å². The van der Waals surface area contributed by atoms with E-state index >= 15 is 0 Å². The number of hydrogen-bond acceptors (Lipinski definition) is 9. The maximum Gasteiger partial charge on any atom is 0.305 e. The first-order valence-electron chi connectivity index (χ1n) is 11.4. The Labute approximate surface area is 204 Å². The Kier molecular flexibility index (Phi) is 18.6. The minimum atomic E-state index is -1.30. The fourth-order valence-corrected chi connectivity index (χ4v) is 2.59. The molecule has 0 aromatic heterocycles. The molecule has 0 aliphatic heterocycles. The summed E-state index contributed by atoms with van der Waals surface area (Å²) in [5, 5.41) is 16.2. The van der Waals surface area contributed by atoms with E-state index in [2.05, 4.69) is 20.9 Å². The second kappa shape index (κ2) is 20.4. The van der Waals surface area contributed by atoms with Gasteiger partial charge in [-0.15, -0.1) is 0 Å². The number of aliphatic imine (C=N–C) groups is 1. The quantitative estimate of drug-likeness (QED) is 0.0429. The Balaban J connectivity index is 4.25. The van der Waals surface area contributed by atoms with Crippen molar-refractivity contribution >= 4 is 29.7 Å². The van der Waals surface area contributed by atoms with Crippen LogP contribution in [0.4, 0.5) is 0 Å². The van der Waals surface area contributed by atoms with Crippen molar-refractivity contribution in [3.8, 4) is 0 Å². The number of carbonyl (C=O) groups excluding carboxylic acids is 3. The van der Waals surface area contributed by atoms with Crippen LogP contribution in [0, 0.1) is 0 Å². The number of aliphatic carboxylic acids is 1. The third-order valence-corrected chi connectivity index (χ3v) is 4.39. The number of hydrogen-bond donors (Lipinski definition) is 8. The van der Waals surface area contributed by atoms with Gasteiger partial charge in [0, 0.05) is 26.3 Å². The van der Waals surface area contributed by atoms with Crippen molar-refractivity contribution in [2.75, 3.05) is 52.6 Å². The summed E-state index contributed by atoms with van der Waals surface area (Å²) >= 11 is 0.